The Kier molecular flexibility index (Phi) is 3.59. The molecule has 0 fully saturated rings. The predicted octanol–water partition coefficient (Wildman–Crippen LogP) is 3.82. The summed E-state index contributed by atoms with van der Waals surface area (Å²) in [5.41, 5.74) is 2.09. The van der Waals surface area contributed by atoms with Gasteiger partial charge in [0.1, 0.15) is 5.75 Å². The number of hydrogen-bond donors (Lipinski definition) is 0. The van der Waals surface area contributed by atoms with Crippen LogP contribution in [0.1, 0.15) is 37.8 Å². The van der Waals surface area contributed by atoms with Crippen LogP contribution in [0.4, 0.5) is 4.39 Å². The van der Waals surface area contributed by atoms with Gasteiger partial charge in [0.25, 0.3) is 0 Å². The molecule has 2 heteroatoms. The van der Waals surface area contributed by atoms with E-state index >= 15 is 0 Å². The van der Waals surface area contributed by atoms with Crippen molar-refractivity contribution in [1.29, 1.82) is 0 Å². The Labute approximate surface area is 96.6 Å². The topological polar surface area (TPSA) is 9.23 Å². The Morgan fingerprint density at radius 1 is 1.44 bits per heavy atom. The number of benzene rings is 1. The molecular formula is C14H17FO. The first kappa shape index (κ1) is 12.6. The van der Waals surface area contributed by atoms with Crippen LogP contribution in [0.2, 0.25) is 0 Å². The lowest BCUT2D eigenvalue weighted by Crippen LogP contribution is -2.24. The molecule has 1 rings (SSSR count). The van der Waals surface area contributed by atoms with Crippen molar-refractivity contribution in [3.63, 3.8) is 0 Å². The highest BCUT2D eigenvalue weighted by Crippen LogP contribution is 2.29. The number of alkyl halides is 1. The van der Waals surface area contributed by atoms with Crippen LogP contribution in [0.15, 0.2) is 18.2 Å². The van der Waals surface area contributed by atoms with Gasteiger partial charge in [-0.15, -0.1) is 6.42 Å². The van der Waals surface area contributed by atoms with Crippen molar-refractivity contribution < 1.29 is 9.13 Å². The van der Waals surface area contributed by atoms with E-state index in [4.69, 9.17) is 11.2 Å². The average Bonchev–Trinajstić information content (AvgIpc) is 2.20. The largest absolute Gasteiger partial charge is 0.447 e. The average molecular weight is 220 g/mol. The Morgan fingerprint density at radius 3 is 2.56 bits per heavy atom. The zero-order valence-electron chi connectivity index (χ0n) is 10.2. The summed E-state index contributed by atoms with van der Waals surface area (Å²) in [4.78, 5) is 0. The zero-order chi connectivity index (χ0) is 12.3. The van der Waals surface area contributed by atoms with Crippen LogP contribution in [-0.4, -0.2) is 5.85 Å². The van der Waals surface area contributed by atoms with Crippen molar-refractivity contribution in [1.82, 2.24) is 0 Å². The molecule has 0 saturated heterocycles. The van der Waals surface area contributed by atoms with Gasteiger partial charge in [-0.1, -0.05) is 26.0 Å². The molecule has 0 aromatic heterocycles. The second-order valence-electron chi connectivity index (χ2n) is 4.29. The lowest BCUT2D eigenvalue weighted by atomic mass is 9.97. The molecule has 0 aliphatic rings. The third-order valence-corrected chi connectivity index (χ3v) is 2.51. The van der Waals surface area contributed by atoms with Gasteiger partial charge in [-0.25, -0.2) is 0 Å². The zero-order valence-corrected chi connectivity index (χ0v) is 10.2. The van der Waals surface area contributed by atoms with Crippen LogP contribution in [0.3, 0.4) is 0 Å². The molecule has 0 spiro atoms. The van der Waals surface area contributed by atoms with Gasteiger partial charge in [0, 0.05) is 6.92 Å². The number of rotatable bonds is 3. The van der Waals surface area contributed by atoms with Gasteiger partial charge in [-0.3, -0.25) is 0 Å². The van der Waals surface area contributed by atoms with Crippen LogP contribution in [-0.2, 0) is 0 Å². The maximum absolute atomic E-state index is 13.6. The molecule has 0 aliphatic heterocycles. The summed E-state index contributed by atoms with van der Waals surface area (Å²) in [6.07, 6.45) is 5.05. The van der Waals surface area contributed by atoms with Gasteiger partial charge in [0.05, 0.1) is 0 Å². The highest BCUT2D eigenvalue weighted by molar-refractivity contribution is 5.41. The van der Waals surface area contributed by atoms with Crippen molar-refractivity contribution in [3.05, 3.63) is 29.3 Å². The summed E-state index contributed by atoms with van der Waals surface area (Å²) in [5.74, 6) is 0.805. The molecule has 16 heavy (non-hydrogen) atoms. The Bertz CT molecular complexity index is 413. The fourth-order valence-electron chi connectivity index (χ4n) is 1.60. The molecule has 1 unspecified atom stereocenters. The third-order valence-electron chi connectivity index (χ3n) is 2.51. The summed E-state index contributed by atoms with van der Waals surface area (Å²) in [7, 11) is 0. The minimum atomic E-state index is -2.06. The van der Waals surface area contributed by atoms with E-state index in [2.05, 4.69) is 13.8 Å². The summed E-state index contributed by atoms with van der Waals surface area (Å²) in [6, 6.07) is 5.60. The molecule has 0 N–H and O–H groups in total. The molecule has 0 heterocycles. The highest BCUT2D eigenvalue weighted by atomic mass is 19.2. The van der Waals surface area contributed by atoms with E-state index in [0.717, 1.165) is 11.1 Å². The summed E-state index contributed by atoms with van der Waals surface area (Å²) >= 11 is 0. The standard InChI is InChI=1S/C14H17FO/c1-6-14(5,15)16-13-9-7-8-12(10(2)3)11(13)4/h1,7-10H,2-5H3. The molecule has 0 saturated carbocycles. The van der Waals surface area contributed by atoms with E-state index in [1.165, 1.54) is 6.92 Å². The summed E-state index contributed by atoms with van der Waals surface area (Å²) in [6.45, 7) is 7.32. The van der Waals surface area contributed by atoms with Crippen molar-refractivity contribution in [2.75, 3.05) is 0 Å². The second kappa shape index (κ2) is 4.57. The molecule has 0 aliphatic carbocycles. The molecule has 1 nitrogen and oxygen atoms in total. The predicted molar refractivity (Wildman–Crippen MR) is 64.2 cm³/mol. The van der Waals surface area contributed by atoms with Crippen LogP contribution in [0, 0.1) is 19.3 Å². The van der Waals surface area contributed by atoms with E-state index in [-0.39, 0.29) is 0 Å². The molecule has 0 amide bonds. The van der Waals surface area contributed by atoms with Gasteiger partial charge >= 0.3 is 5.85 Å². The maximum Gasteiger partial charge on any atom is 0.308 e. The summed E-state index contributed by atoms with van der Waals surface area (Å²) < 4.78 is 18.7. The number of ether oxygens (including phenoxy) is 1. The first-order valence-corrected chi connectivity index (χ1v) is 5.32. The Balaban J connectivity index is 3.08. The van der Waals surface area contributed by atoms with Gasteiger partial charge in [0.2, 0.25) is 0 Å². The smallest absolute Gasteiger partial charge is 0.308 e. The maximum atomic E-state index is 13.6. The van der Waals surface area contributed by atoms with Gasteiger partial charge in [0.15, 0.2) is 0 Å². The lowest BCUT2D eigenvalue weighted by Gasteiger charge is -2.20. The van der Waals surface area contributed by atoms with Crippen LogP contribution in [0.5, 0.6) is 5.75 Å². The lowest BCUT2D eigenvalue weighted by molar-refractivity contribution is 0.0130. The Morgan fingerprint density at radius 2 is 2.06 bits per heavy atom. The van der Waals surface area contributed by atoms with E-state index in [9.17, 15) is 4.39 Å². The van der Waals surface area contributed by atoms with E-state index < -0.39 is 5.85 Å². The van der Waals surface area contributed by atoms with E-state index in [0.29, 0.717) is 11.7 Å². The first-order chi connectivity index (χ1) is 7.37. The molecule has 0 radical (unpaired) electrons. The first-order valence-electron chi connectivity index (χ1n) is 5.32. The minimum absolute atomic E-state index is 0.375. The molecular weight excluding hydrogens is 203 g/mol. The third kappa shape index (κ3) is 2.76. The molecule has 1 aromatic carbocycles. The SMILES string of the molecule is C#CC(C)(F)Oc1cccc(C(C)C)c1C. The van der Waals surface area contributed by atoms with Crippen LogP contribution in [0.25, 0.3) is 0 Å². The molecule has 1 atom stereocenters. The highest BCUT2D eigenvalue weighted by Gasteiger charge is 2.22. The van der Waals surface area contributed by atoms with Gasteiger partial charge in [-0.05, 0) is 36.0 Å². The Hall–Kier alpha value is -1.49. The minimum Gasteiger partial charge on any atom is -0.447 e. The quantitative estimate of drug-likeness (QED) is 0.704. The van der Waals surface area contributed by atoms with Crippen LogP contribution >= 0.6 is 0 Å². The van der Waals surface area contributed by atoms with Crippen molar-refractivity contribution >= 4 is 0 Å². The number of terminal acetylenes is 1. The molecule has 0 bridgehead atoms. The summed E-state index contributed by atoms with van der Waals surface area (Å²) in [5, 5.41) is 0. The van der Waals surface area contributed by atoms with Crippen molar-refractivity contribution in [2.45, 2.75) is 39.5 Å². The van der Waals surface area contributed by atoms with E-state index in [1.54, 1.807) is 6.07 Å². The molecule has 86 valence electrons. The fourth-order valence-corrected chi connectivity index (χ4v) is 1.60. The van der Waals surface area contributed by atoms with Crippen molar-refractivity contribution in [3.8, 4) is 18.1 Å². The van der Waals surface area contributed by atoms with Crippen LogP contribution < -0.4 is 4.74 Å². The fraction of sp³-hybridized carbons (Fsp3) is 0.429. The second-order valence-corrected chi connectivity index (χ2v) is 4.29. The van der Waals surface area contributed by atoms with Gasteiger partial charge < -0.3 is 4.74 Å². The normalized spacial score (nSPS) is 14.3. The van der Waals surface area contributed by atoms with Gasteiger partial charge in [-0.2, -0.15) is 4.39 Å². The monoisotopic (exact) mass is 220 g/mol. The van der Waals surface area contributed by atoms with E-state index in [1.807, 2.05) is 25.0 Å². The van der Waals surface area contributed by atoms with Crippen molar-refractivity contribution in [2.24, 2.45) is 0 Å². The number of hydrogen-bond acceptors (Lipinski definition) is 1. The molecule has 1 aromatic rings. The number of halogens is 1.